The van der Waals surface area contributed by atoms with Crippen LogP contribution in [0, 0.1) is 0 Å². The molecule has 0 aromatic heterocycles. The van der Waals surface area contributed by atoms with Gasteiger partial charge in [0.15, 0.2) is 0 Å². The van der Waals surface area contributed by atoms with Crippen LogP contribution in [0.25, 0.3) is 17.4 Å². The van der Waals surface area contributed by atoms with Gasteiger partial charge in [0.25, 0.3) is 0 Å². The van der Waals surface area contributed by atoms with Crippen LogP contribution in [0.1, 0.15) is 23.1 Å². The number of hydrogen-bond acceptors (Lipinski definition) is 4. The van der Waals surface area contributed by atoms with E-state index in [4.69, 9.17) is 14.2 Å². The number of esters is 1. The van der Waals surface area contributed by atoms with Gasteiger partial charge in [-0.25, -0.2) is 4.79 Å². The number of methoxy groups -OCH3 is 2. The monoisotopic (exact) mass is 398 g/mol. The Bertz CT molecular complexity index is 1090. The lowest BCUT2D eigenvalue weighted by molar-refractivity contribution is -0.132. The van der Waals surface area contributed by atoms with Crippen molar-refractivity contribution in [3.8, 4) is 11.5 Å². The summed E-state index contributed by atoms with van der Waals surface area (Å²) in [5, 5.41) is 0. The summed E-state index contributed by atoms with van der Waals surface area (Å²) >= 11 is 0. The van der Waals surface area contributed by atoms with E-state index >= 15 is 0 Å². The number of hydrogen-bond donors (Lipinski definition) is 0. The first-order chi connectivity index (χ1) is 14.7. The highest BCUT2D eigenvalue weighted by Crippen LogP contribution is 2.38. The predicted molar refractivity (Wildman–Crippen MR) is 118 cm³/mol. The third-order valence-corrected chi connectivity index (χ3v) is 5.03. The molecule has 0 aliphatic carbocycles. The zero-order valence-corrected chi connectivity index (χ0v) is 16.9. The van der Waals surface area contributed by atoms with E-state index in [0.717, 1.165) is 33.8 Å². The molecule has 0 amide bonds. The molecule has 4 rings (SSSR count). The van der Waals surface area contributed by atoms with Crippen LogP contribution in [-0.4, -0.2) is 20.2 Å². The molecule has 0 unspecified atom stereocenters. The average Bonchev–Trinajstić information content (AvgIpc) is 2.81. The maximum Gasteiger partial charge on any atom is 0.339 e. The van der Waals surface area contributed by atoms with Crippen molar-refractivity contribution in [1.29, 1.82) is 0 Å². The minimum atomic E-state index is -0.332. The van der Waals surface area contributed by atoms with Gasteiger partial charge in [0.1, 0.15) is 17.3 Å². The Hall–Kier alpha value is -3.79. The Morgan fingerprint density at radius 2 is 1.33 bits per heavy atom. The second kappa shape index (κ2) is 8.70. The smallest absolute Gasteiger partial charge is 0.339 e. The van der Waals surface area contributed by atoms with E-state index in [0.29, 0.717) is 17.8 Å². The third kappa shape index (κ3) is 4.13. The molecule has 0 fully saturated rings. The fraction of sp³-hybridized carbons (Fsp3) is 0.115. The van der Waals surface area contributed by atoms with E-state index in [2.05, 4.69) is 0 Å². The molecule has 1 aliphatic rings. The lowest BCUT2D eigenvalue weighted by atomic mass is 9.91. The first-order valence-corrected chi connectivity index (χ1v) is 9.67. The highest BCUT2D eigenvalue weighted by molar-refractivity contribution is 6.06. The van der Waals surface area contributed by atoms with Gasteiger partial charge in [-0.1, -0.05) is 42.5 Å². The summed E-state index contributed by atoms with van der Waals surface area (Å²) in [7, 11) is 3.26. The molecule has 150 valence electrons. The average molecular weight is 398 g/mol. The van der Waals surface area contributed by atoms with E-state index in [1.807, 2.05) is 84.9 Å². The Morgan fingerprint density at radius 1 is 0.767 bits per heavy atom. The first-order valence-electron chi connectivity index (χ1n) is 9.67. The second-order valence-electron chi connectivity index (χ2n) is 6.91. The van der Waals surface area contributed by atoms with Crippen LogP contribution in [0.15, 0.2) is 84.4 Å². The van der Waals surface area contributed by atoms with Crippen molar-refractivity contribution in [2.24, 2.45) is 0 Å². The Morgan fingerprint density at radius 3 is 1.90 bits per heavy atom. The molecule has 3 aromatic rings. The molecule has 4 nitrogen and oxygen atoms in total. The van der Waals surface area contributed by atoms with Crippen LogP contribution in [-0.2, 0) is 9.53 Å². The van der Waals surface area contributed by atoms with Crippen LogP contribution >= 0.6 is 0 Å². The van der Waals surface area contributed by atoms with E-state index in [1.54, 1.807) is 14.2 Å². The quantitative estimate of drug-likeness (QED) is 0.414. The molecule has 30 heavy (non-hydrogen) atoms. The number of carbonyl (C=O) groups is 1. The van der Waals surface area contributed by atoms with Gasteiger partial charge >= 0.3 is 5.97 Å². The molecule has 0 bridgehead atoms. The van der Waals surface area contributed by atoms with Gasteiger partial charge < -0.3 is 14.2 Å². The van der Waals surface area contributed by atoms with Crippen molar-refractivity contribution in [2.45, 2.75) is 6.42 Å². The molecular weight excluding hydrogens is 376 g/mol. The summed E-state index contributed by atoms with van der Waals surface area (Å²) < 4.78 is 16.4. The van der Waals surface area contributed by atoms with Crippen molar-refractivity contribution in [3.63, 3.8) is 0 Å². The van der Waals surface area contributed by atoms with Crippen molar-refractivity contribution < 1.29 is 19.0 Å². The molecule has 3 aromatic carbocycles. The number of rotatable bonds is 5. The van der Waals surface area contributed by atoms with Crippen molar-refractivity contribution >= 4 is 23.4 Å². The normalized spacial score (nSPS) is 15.1. The van der Waals surface area contributed by atoms with E-state index < -0.39 is 0 Å². The molecule has 4 heteroatoms. The second-order valence-corrected chi connectivity index (χ2v) is 6.91. The largest absolute Gasteiger partial charge is 0.497 e. The zero-order chi connectivity index (χ0) is 20.9. The fourth-order valence-electron chi connectivity index (χ4n) is 3.42. The van der Waals surface area contributed by atoms with Crippen LogP contribution in [0.2, 0.25) is 0 Å². The molecule has 0 saturated heterocycles. The van der Waals surface area contributed by atoms with Gasteiger partial charge in [0.2, 0.25) is 0 Å². The van der Waals surface area contributed by atoms with Crippen LogP contribution in [0.3, 0.4) is 0 Å². The number of benzene rings is 3. The Balaban J connectivity index is 1.80. The molecule has 0 atom stereocenters. The topological polar surface area (TPSA) is 44.8 Å². The summed E-state index contributed by atoms with van der Waals surface area (Å²) in [6, 6.07) is 25.1. The van der Waals surface area contributed by atoms with Gasteiger partial charge in [-0.15, -0.1) is 0 Å². The highest BCUT2D eigenvalue weighted by atomic mass is 16.5. The van der Waals surface area contributed by atoms with Gasteiger partial charge in [-0.3, -0.25) is 0 Å². The molecular formula is C26H22O4. The van der Waals surface area contributed by atoms with Gasteiger partial charge in [-0.05, 0) is 53.6 Å². The maximum absolute atomic E-state index is 12.8. The highest BCUT2D eigenvalue weighted by Gasteiger charge is 2.27. The summed E-state index contributed by atoms with van der Waals surface area (Å²) in [6.07, 6.45) is 2.36. The predicted octanol–water partition coefficient (Wildman–Crippen LogP) is 5.60. The summed E-state index contributed by atoms with van der Waals surface area (Å²) in [5.41, 5.74) is 4.34. The molecule has 1 heterocycles. The van der Waals surface area contributed by atoms with Crippen molar-refractivity contribution in [3.05, 3.63) is 101 Å². The van der Waals surface area contributed by atoms with Crippen LogP contribution in [0.4, 0.5) is 0 Å². The Labute approximate surface area is 176 Å². The van der Waals surface area contributed by atoms with E-state index in [-0.39, 0.29) is 5.97 Å². The molecule has 1 aliphatic heterocycles. The summed E-state index contributed by atoms with van der Waals surface area (Å²) in [4.78, 5) is 12.8. The molecule has 0 spiro atoms. The fourth-order valence-corrected chi connectivity index (χ4v) is 3.42. The maximum atomic E-state index is 12.8. The SMILES string of the molecule is COc1ccc(C2=C(c3ccc(OC)cc3)OC(=O)/C(=C/c3ccccc3)C2)cc1. The molecule has 0 saturated carbocycles. The number of carbonyl (C=O) groups excluding carboxylic acids is 1. The first kappa shape index (κ1) is 19.5. The molecule has 0 N–H and O–H groups in total. The van der Waals surface area contributed by atoms with E-state index in [9.17, 15) is 4.79 Å². The van der Waals surface area contributed by atoms with Gasteiger partial charge in [-0.2, -0.15) is 0 Å². The lowest BCUT2D eigenvalue weighted by Gasteiger charge is -2.23. The van der Waals surface area contributed by atoms with Gasteiger partial charge in [0, 0.05) is 23.1 Å². The van der Waals surface area contributed by atoms with Crippen LogP contribution in [0.5, 0.6) is 11.5 Å². The van der Waals surface area contributed by atoms with E-state index in [1.165, 1.54) is 0 Å². The third-order valence-electron chi connectivity index (χ3n) is 5.03. The van der Waals surface area contributed by atoms with Crippen molar-refractivity contribution in [2.75, 3.05) is 14.2 Å². The zero-order valence-electron chi connectivity index (χ0n) is 16.9. The number of ether oxygens (including phenoxy) is 3. The lowest BCUT2D eigenvalue weighted by Crippen LogP contribution is -2.15. The van der Waals surface area contributed by atoms with Crippen LogP contribution < -0.4 is 9.47 Å². The summed E-state index contributed by atoms with van der Waals surface area (Å²) in [5.74, 6) is 1.76. The van der Waals surface area contributed by atoms with Crippen molar-refractivity contribution in [1.82, 2.24) is 0 Å². The summed E-state index contributed by atoms with van der Waals surface area (Å²) in [6.45, 7) is 0. The standard InChI is InChI=1S/C26H22O4/c1-28-22-12-8-19(9-13-22)24-17-21(16-18-6-4-3-5-7-18)26(27)30-25(24)20-10-14-23(29-2)15-11-20/h3-16H,17H2,1-2H3/b21-16+. The minimum Gasteiger partial charge on any atom is -0.497 e. The Kier molecular flexibility index (Phi) is 5.66. The van der Waals surface area contributed by atoms with Gasteiger partial charge in [0.05, 0.1) is 14.2 Å². The number of cyclic esters (lactones) is 1. The number of allylic oxidation sites excluding steroid dienone is 1. The molecule has 0 radical (unpaired) electrons. The minimum absolute atomic E-state index is 0.332.